The van der Waals surface area contributed by atoms with Crippen molar-refractivity contribution in [2.75, 3.05) is 11.9 Å². The van der Waals surface area contributed by atoms with Crippen molar-refractivity contribution in [1.82, 2.24) is 9.88 Å². The van der Waals surface area contributed by atoms with E-state index < -0.39 is 23.9 Å². The normalized spacial score (nSPS) is 13.9. The van der Waals surface area contributed by atoms with E-state index in [1.54, 1.807) is 0 Å². The molecular weight excluding hydrogens is 457 g/mol. The number of carbonyl (C=O) groups is 4. The van der Waals surface area contributed by atoms with Crippen molar-refractivity contribution in [3.63, 3.8) is 0 Å². The van der Waals surface area contributed by atoms with Gasteiger partial charge in [-0.05, 0) is 43.5 Å². The van der Waals surface area contributed by atoms with E-state index >= 15 is 0 Å². The number of imide groups is 1. The highest BCUT2D eigenvalue weighted by Crippen LogP contribution is 2.26. The fourth-order valence-corrected chi connectivity index (χ4v) is 3.44. The smallest absolute Gasteiger partial charge is 0.338 e. The Morgan fingerprint density at radius 3 is 2.44 bits per heavy atom. The van der Waals surface area contributed by atoms with Gasteiger partial charge in [-0.2, -0.15) is 0 Å². The highest BCUT2D eigenvalue weighted by Gasteiger charge is 2.36. The van der Waals surface area contributed by atoms with Crippen LogP contribution in [0.3, 0.4) is 0 Å². The van der Waals surface area contributed by atoms with E-state index in [9.17, 15) is 19.2 Å². The predicted octanol–water partition coefficient (Wildman–Crippen LogP) is 4.21. The number of ether oxygens (including phenoxy) is 1. The number of carbonyl (C=O) groups excluding carboxylic acids is 4. The molecule has 0 saturated heterocycles. The van der Waals surface area contributed by atoms with Crippen LogP contribution in [0.15, 0.2) is 30.5 Å². The van der Waals surface area contributed by atoms with Crippen molar-refractivity contribution in [2.24, 2.45) is 5.92 Å². The minimum Gasteiger partial charge on any atom is -0.449 e. The van der Waals surface area contributed by atoms with E-state index in [0.717, 1.165) is 0 Å². The minimum atomic E-state index is -1.18. The highest BCUT2D eigenvalue weighted by molar-refractivity contribution is 6.36. The van der Waals surface area contributed by atoms with Crippen LogP contribution >= 0.6 is 23.2 Å². The van der Waals surface area contributed by atoms with Crippen LogP contribution in [0.1, 0.15) is 58.3 Å². The number of rotatable bonds is 7. The van der Waals surface area contributed by atoms with Crippen LogP contribution in [-0.4, -0.2) is 46.2 Å². The molecule has 168 valence electrons. The van der Waals surface area contributed by atoms with Gasteiger partial charge in [-0.3, -0.25) is 19.3 Å². The molecule has 2 heterocycles. The Labute approximate surface area is 194 Å². The first-order valence-corrected chi connectivity index (χ1v) is 10.7. The van der Waals surface area contributed by atoms with E-state index in [-0.39, 0.29) is 33.4 Å². The molecule has 3 rings (SSSR count). The minimum absolute atomic E-state index is 0.0536. The molecule has 1 aromatic heterocycles. The third-order valence-electron chi connectivity index (χ3n) is 4.84. The van der Waals surface area contributed by atoms with Gasteiger partial charge in [0.25, 0.3) is 17.7 Å². The van der Waals surface area contributed by atoms with Gasteiger partial charge in [-0.25, -0.2) is 9.78 Å². The molecule has 1 unspecified atom stereocenters. The average molecular weight is 478 g/mol. The summed E-state index contributed by atoms with van der Waals surface area (Å²) in [6.45, 7) is 5.69. The predicted molar refractivity (Wildman–Crippen MR) is 119 cm³/mol. The molecular formula is C22H21Cl2N3O5. The first-order chi connectivity index (χ1) is 15.1. The number of hydrogen-bond donors (Lipinski definition) is 1. The van der Waals surface area contributed by atoms with E-state index in [0.29, 0.717) is 23.9 Å². The van der Waals surface area contributed by atoms with Crippen LogP contribution in [-0.2, 0) is 9.53 Å². The van der Waals surface area contributed by atoms with Crippen molar-refractivity contribution in [1.29, 1.82) is 0 Å². The summed E-state index contributed by atoms with van der Waals surface area (Å²) >= 11 is 11.8. The van der Waals surface area contributed by atoms with Crippen LogP contribution in [0, 0.1) is 5.92 Å². The number of pyridine rings is 1. The number of anilines is 1. The van der Waals surface area contributed by atoms with Gasteiger partial charge in [0.2, 0.25) is 0 Å². The zero-order chi connectivity index (χ0) is 23.6. The molecule has 1 aliphatic rings. The Bertz CT molecular complexity index is 1100. The molecule has 32 heavy (non-hydrogen) atoms. The van der Waals surface area contributed by atoms with E-state index in [1.165, 1.54) is 42.3 Å². The van der Waals surface area contributed by atoms with Crippen molar-refractivity contribution >= 4 is 52.7 Å². The van der Waals surface area contributed by atoms with Gasteiger partial charge in [0, 0.05) is 12.7 Å². The second kappa shape index (κ2) is 9.67. The fourth-order valence-electron chi connectivity index (χ4n) is 3.02. The van der Waals surface area contributed by atoms with Crippen LogP contribution < -0.4 is 5.32 Å². The molecule has 0 saturated carbocycles. The average Bonchev–Trinajstić information content (AvgIpc) is 2.97. The summed E-state index contributed by atoms with van der Waals surface area (Å²) in [5.74, 6) is -1.89. The standard InChI is InChI=1S/C22H21Cl2N3O5/c1-11(2)6-7-27-20(29)15-5-4-13(8-16(15)21(27)30)22(31)32-12(3)19(28)26-18-17(24)9-14(23)10-25-18/h4-5,8-12H,6-7H2,1-3H3,(H,25,26,28). The molecule has 2 aromatic rings. The third-order valence-corrected chi connectivity index (χ3v) is 5.33. The molecule has 1 atom stereocenters. The lowest BCUT2D eigenvalue weighted by atomic mass is 10.1. The van der Waals surface area contributed by atoms with Gasteiger partial charge < -0.3 is 10.1 Å². The molecule has 10 heteroatoms. The topological polar surface area (TPSA) is 106 Å². The quantitative estimate of drug-likeness (QED) is 0.472. The lowest BCUT2D eigenvalue weighted by molar-refractivity contribution is -0.123. The zero-order valence-electron chi connectivity index (χ0n) is 17.6. The summed E-state index contributed by atoms with van der Waals surface area (Å²) in [5, 5.41) is 2.89. The monoisotopic (exact) mass is 477 g/mol. The summed E-state index contributed by atoms with van der Waals surface area (Å²) < 4.78 is 5.20. The van der Waals surface area contributed by atoms with Crippen molar-refractivity contribution in [2.45, 2.75) is 33.3 Å². The number of nitrogens with one attached hydrogen (secondary N) is 1. The lowest BCUT2D eigenvalue weighted by Crippen LogP contribution is -2.31. The molecule has 1 aliphatic heterocycles. The van der Waals surface area contributed by atoms with E-state index in [4.69, 9.17) is 27.9 Å². The Kier molecular flexibility index (Phi) is 7.16. The Morgan fingerprint density at radius 1 is 1.09 bits per heavy atom. The van der Waals surface area contributed by atoms with Gasteiger partial charge in [0.1, 0.15) is 0 Å². The van der Waals surface area contributed by atoms with Gasteiger partial charge >= 0.3 is 5.97 Å². The number of nitrogens with zero attached hydrogens (tertiary/aromatic N) is 2. The van der Waals surface area contributed by atoms with Gasteiger partial charge in [0.05, 0.1) is 26.7 Å². The second-order valence-corrected chi connectivity index (χ2v) is 8.57. The van der Waals surface area contributed by atoms with Crippen molar-refractivity contribution in [3.05, 3.63) is 57.2 Å². The first kappa shape index (κ1) is 23.7. The number of fused-ring (bicyclic) bond motifs is 1. The van der Waals surface area contributed by atoms with Gasteiger partial charge in [-0.15, -0.1) is 0 Å². The molecule has 0 bridgehead atoms. The van der Waals surface area contributed by atoms with Crippen LogP contribution in [0.2, 0.25) is 10.0 Å². The van der Waals surface area contributed by atoms with Crippen LogP contribution in [0.4, 0.5) is 5.82 Å². The maximum atomic E-state index is 12.6. The number of benzene rings is 1. The largest absolute Gasteiger partial charge is 0.449 e. The molecule has 0 radical (unpaired) electrons. The zero-order valence-corrected chi connectivity index (χ0v) is 19.2. The molecule has 1 aromatic carbocycles. The molecule has 8 nitrogen and oxygen atoms in total. The Balaban J connectivity index is 1.68. The number of amides is 3. The number of hydrogen-bond acceptors (Lipinski definition) is 6. The summed E-state index contributed by atoms with van der Waals surface area (Å²) in [5.41, 5.74) is 0.435. The Hall–Kier alpha value is -2.97. The third kappa shape index (κ3) is 5.08. The fraction of sp³-hybridized carbons (Fsp3) is 0.318. The molecule has 0 aliphatic carbocycles. The molecule has 1 N–H and O–H groups in total. The van der Waals surface area contributed by atoms with Crippen LogP contribution in [0.5, 0.6) is 0 Å². The van der Waals surface area contributed by atoms with Gasteiger partial charge in [0.15, 0.2) is 11.9 Å². The SMILES string of the molecule is CC(C)CCN1C(=O)c2ccc(C(=O)OC(C)C(=O)Nc3ncc(Cl)cc3Cl)cc2C1=O. The van der Waals surface area contributed by atoms with Crippen molar-refractivity contribution < 1.29 is 23.9 Å². The van der Waals surface area contributed by atoms with Crippen LogP contribution in [0.25, 0.3) is 0 Å². The van der Waals surface area contributed by atoms with E-state index in [2.05, 4.69) is 10.3 Å². The molecule has 3 amide bonds. The van der Waals surface area contributed by atoms with E-state index in [1.807, 2.05) is 13.8 Å². The molecule has 0 spiro atoms. The highest BCUT2D eigenvalue weighted by atomic mass is 35.5. The molecule has 0 fully saturated rings. The number of halogens is 2. The summed E-state index contributed by atoms with van der Waals surface area (Å²) in [4.78, 5) is 55.1. The summed E-state index contributed by atoms with van der Waals surface area (Å²) in [7, 11) is 0. The number of esters is 1. The lowest BCUT2D eigenvalue weighted by Gasteiger charge is -2.14. The maximum absolute atomic E-state index is 12.6. The summed E-state index contributed by atoms with van der Waals surface area (Å²) in [6, 6.07) is 5.54. The number of aromatic nitrogens is 1. The first-order valence-electron chi connectivity index (χ1n) is 9.91. The maximum Gasteiger partial charge on any atom is 0.338 e. The van der Waals surface area contributed by atoms with Crippen molar-refractivity contribution in [3.8, 4) is 0 Å². The summed E-state index contributed by atoms with van der Waals surface area (Å²) in [6.07, 6.45) is 0.816. The second-order valence-electron chi connectivity index (χ2n) is 7.73. The Morgan fingerprint density at radius 2 is 1.78 bits per heavy atom. The van der Waals surface area contributed by atoms with Gasteiger partial charge in [-0.1, -0.05) is 37.0 Å².